The summed E-state index contributed by atoms with van der Waals surface area (Å²) in [7, 11) is 0. The highest BCUT2D eigenvalue weighted by Crippen LogP contribution is 2.21. The second-order valence-electron chi connectivity index (χ2n) is 6.66. The van der Waals surface area contributed by atoms with E-state index in [-0.39, 0.29) is 0 Å². The fourth-order valence-electron chi connectivity index (χ4n) is 3.24. The average molecular weight is 375 g/mol. The molecule has 0 saturated carbocycles. The minimum atomic E-state index is 0.593. The van der Waals surface area contributed by atoms with E-state index >= 15 is 0 Å². The van der Waals surface area contributed by atoms with Crippen LogP contribution in [-0.4, -0.2) is 35.0 Å². The topological polar surface area (TPSA) is 99.8 Å². The van der Waals surface area contributed by atoms with Gasteiger partial charge in [-0.2, -0.15) is 5.26 Å². The van der Waals surface area contributed by atoms with Gasteiger partial charge in [-0.15, -0.1) is 0 Å². The quantitative estimate of drug-likeness (QED) is 0.434. The van der Waals surface area contributed by atoms with E-state index in [1.807, 2.05) is 42.6 Å². The molecule has 7 heteroatoms. The lowest BCUT2D eigenvalue weighted by atomic mass is 10.1. The Kier molecular flexibility index (Phi) is 5.50. The molecule has 4 rings (SSSR count). The van der Waals surface area contributed by atoms with Crippen LogP contribution in [0.15, 0.2) is 47.2 Å². The van der Waals surface area contributed by atoms with Gasteiger partial charge in [-0.05, 0) is 72.0 Å². The van der Waals surface area contributed by atoms with E-state index in [2.05, 4.69) is 31.3 Å². The lowest BCUT2D eigenvalue weighted by molar-refractivity contribution is 0.312. The smallest absolute Gasteiger partial charge is 0.138 e. The summed E-state index contributed by atoms with van der Waals surface area (Å²) in [5, 5.41) is 21.2. The van der Waals surface area contributed by atoms with Crippen LogP contribution in [0.1, 0.15) is 24.0 Å². The van der Waals surface area contributed by atoms with Crippen molar-refractivity contribution in [1.29, 1.82) is 5.26 Å². The number of aromatic amines is 1. The second kappa shape index (κ2) is 8.55. The predicted octanol–water partition coefficient (Wildman–Crippen LogP) is 3.57. The standard InChI is InChI=1S/C21H21N5O2/c22-13-15-4-6-19-18(11-15)16(14-24-19)3-1-2-8-23-9-10-27-17-5-7-20-21(12-17)26-28-25-20/h4-7,11-12,14,23-24H,1-3,8-10H2. The number of ether oxygens (including phenoxy) is 1. The summed E-state index contributed by atoms with van der Waals surface area (Å²) in [4.78, 5) is 3.28. The van der Waals surface area contributed by atoms with E-state index in [4.69, 9.17) is 10.00 Å². The summed E-state index contributed by atoms with van der Waals surface area (Å²) in [6, 6.07) is 13.5. The number of nitrogens with one attached hydrogen (secondary N) is 2. The number of benzene rings is 2. The van der Waals surface area contributed by atoms with Crippen molar-refractivity contribution in [3.8, 4) is 11.8 Å². The van der Waals surface area contributed by atoms with Crippen LogP contribution < -0.4 is 10.1 Å². The van der Waals surface area contributed by atoms with Gasteiger partial charge in [-0.3, -0.25) is 0 Å². The third-order valence-electron chi connectivity index (χ3n) is 4.72. The third-order valence-corrected chi connectivity index (χ3v) is 4.72. The molecule has 0 aliphatic rings. The molecule has 2 heterocycles. The van der Waals surface area contributed by atoms with Crippen LogP contribution in [0, 0.1) is 11.3 Å². The van der Waals surface area contributed by atoms with Crippen LogP contribution in [0.5, 0.6) is 5.75 Å². The van der Waals surface area contributed by atoms with Crippen molar-refractivity contribution >= 4 is 21.9 Å². The molecule has 0 bridgehead atoms. The fraction of sp³-hybridized carbons (Fsp3) is 0.286. The van der Waals surface area contributed by atoms with Gasteiger partial charge in [0.15, 0.2) is 0 Å². The third kappa shape index (κ3) is 4.13. The highest BCUT2D eigenvalue weighted by molar-refractivity contribution is 5.84. The molecule has 0 saturated heterocycles. The SMILES string of the molecule is N#Cc1ccc2[nH]cc(CCCCNCCOc3ccc4nonc4c3)c2c1. The molecule has 0 fully saturated rings. The molecular weight excluding hydrogens is 354 g/mol. The number of nitrogens with zero attached hydrogens (tertiary/aromatic N) is 3. The van der Waals surface area contributed by atoms with Crippen LogP contribution in [0.3, 0.4) is 0 Å². The van der Waals surface area contributed by atoms with Crippen molar-refractivity contribution in [2.75, 3.05) is 19.7 Å². The van der Waals surface area contributed by atoms with Crippen molar-refractivity contribution in [2.45, 2.75) is 19.3 Å². The van der Waals surface area contributed by atoms with E-state index in [0.29, 0.717) is 17.7 Å². The Bertz CT molecular complexity index is 1110. The Labute approximate surface area is 162 Å². The molecule has 2 aromatic carbocycles. The fourth-order valence-corrected chi connectivity index (χ4v) is 3.24. The Balaban J connectivity index is 1.14. The number of hydrogen-bond acceptors (Lipinski definition) is 6. The first-order chi connectivity index (χ1) is 13.8. The molecule has 0 spiro atoms. The van der Waals surface area contributed by atoms with Gasteiger partial charge in [-0.25, -0.2) is 4.63 Å². The molecule has 2 N–H and O–H groups in total. The highest BCUT2D eigenvalue weighted by atomic mass is 16.6. The summed E-state index contributed by atoms with van der Waals surface area (Å²) < 4.78 is 10.4. The lowest BCUT2D eigenvalue weighted by Gasteiger charge is -2.07. The van der Waals surface area contributed by atoms with Gasteiger partial charge in [0.1, 0.15) is 23.4 Å². The molecule has 0 atom stereocenters. The van der Waals surface area contributed by atoms with Crippen molar-refractivity contribution < 1.29 is 9.37 Å². The number of nitriles is 1. The molecule has 28 heavy (non-hydrogen) atoms. The average Bonchev–Trinajstić information content (AvgIpc) is 3.36. The van der Waals surface area contributed by atoms with Crippen LogP contribution in [0.25, 0.3) is 21.9 Å². The van der Waals surface area contributed by atoms with E-state index in [1.165, 1.54) is 5.56 Å². The molecule has 0 aliphatic carbocycles. The molecule has 4 aromatic rings. The highest BCUT2D eigenvalue weighted by Gasteiger charge is 2.05. The number of aryl methyl sites for hydroxylation is 1. The number of H-pyrrole nitrogens is 1. The van der Waals surface area contributed by atoms with Crippen LogP contribution in [-0.2, 0) is 6.42 Å². The van der Waals surface area contributed by atoms with E-state index < -0.39 is 0 Å². The number of rotatable bonds is 9. The number of fused-ring (bicyclic) bond motifs is 2. The van der Waals surface area contributed by atoms with Gasteiger partial charge in [0.25, 0.3) is 0 Å². The molecular formula is C21H21N5O2. The molecule has 0 aliphatic heterocycles. The number of aromatic nitrogens is 3. The Morgan fingerprint density at radius 2 is 2.00 bits per heavy atom. The molecule has 0 unspecified atom stereocenters. The summed E-state index contributed by atoms with van der Waals surface area (Å²) in [6.07, 6.45) is 5.22. The minimum Gasteiger partial charge on any atom is -0.492 e. The zero-order valence-electron chi connectivity index (χ0n) is 15.4. The van der Waals surface area contributed by atoms with Gasteiger partial charge in [0, 0.05) is 29.7 Å². The first-order valence-electron chi connectivity index (χ1n) is 9.39. The molecule has 0 amide bonds. The predicted molar refractivity (Wildman–Crippen MR) is 106 cm³/mol. The summed E-state index contributed by atoms with van der Waals surface area (Å²) in [6.45, 7) is 2.32. The zero-order valence-corrected chi connectivity index (χ0v) is 15.4. The largest absolute Gasteiger partial charge is 0.492 e. The van der Waals surface area contributed by atoms with Crippen molar-refractivity contribution in [3.05, 3.63) is 53.7 Å². The maximum absolute atomic E-state index is 9.06. The van der Waals surface area contributed by atoms with Gasteiger partial charge >= 0.3 is 0 Å². The Morgan fingerprint density at radius 3 is 2.93 bits per heavy atom. The van der Waals surface area contributed by atoms with Gasteiger partial charge in [0.05, 0.1) is 11.6 Å². The maximum Gasteiger partial charge on any atom is 0.138 e. The molecule has 142 valence electrons. The number of unbranched alkanes of at least 4 members (excludes halogenated alkanes) is 1. The summed E-state index contributed by atoms with van der Waals surface area (Å²) in [5.74, 6) is 0.765. The normalized spacial score (nSPS) is 11.1. The van der Waals surface area contributed by atoms with Gasteiger partial charge in [-0.1, -0.05) is 0 Å². The lowest BCUT2D eigenvalue weighted by Crippen LogP contribution is -2.22. The van der Waals surface area contributed by atoms with Crippen LogP contribution >= 0.6 is 0 Å². The van der Waals surface area contributed by atoms with Crippen molar-refractivity contribution in [1.82, 2.24) is 20.6 Å². The van der Waals surface area contributed by atoms with Crippen molar-refractivity contribution in [3.63, 3.8) is 0 Å². The molecule has 7 nitrogen and oxygen atoms in total. The summed E-state index contributed by atoms with van der Waals surface area (Å²) >= 11 is 0. The van der Waals surface area contributed by atoms with E-state index in [0.717, 1.165) is 54.5 Å². The molecule has 2 aromatic heterocycles. The van der Waals surface area contributed by atoms with Crippen LogP contribution in [0.4, 0.5) is 0 Å². The second-order valence-corrected chi connectivity index (χ2v) is 6.66. The summed E-state index contributed by atoms with van der Waals surface area (Å²) in [5.41, 5.74) is 4.49. The Morgan fingerprint density at radius 1 is 1.07 bits per heavy atom. The van der Waals surface area contributed by atoms with Gasteiger partial charge < -0.3 is 15.0 Å². The zero-order chi connectivity index (χ0) is 19.2. The number of hydrogen-bond donors (Lipinski definition) is 2. The van der Waals surface area contributed by atoms with E-state index in [9.17, 15) is 0 Å². The maximum atomic E-state index is 9.06. The minimum absolute atomic E-state index is 0.593. The van der Waals surface area contributed by atoms with E-state index in [1.54, 1.807) is 0 Å². The van der Waals surface area contributed by atoms with Gasteiger partial charge in [0.2, 0.25) is 0 Å². The first kappa shape index (κ1) is 18.0. The van der Waals surface area contributed by atoms with Crippen LogP contribution in [0.2, 0.25) is 0 Å². The first-order valence-corrected chi connectivity index (χ1v) is 9.39. The van der Waals surface area contributed by atoms with Crippen molar-refractivity contribution in [2.24, 2.45) is 0 Å². The Hall–Kier alpha value is -3.37. The monoisotopic (exact) mass is 375 g/mol. The molecule has 0 radical (unpaired) electrons.